The van der Waals surface area contributed by atoms with E-state index in [1.807, 2.05) is 0 Å². The molecule has 4 aliphatic rings. The van der Waals surface area contributed by atoms with Crippen molar-refractivity contribution in [1.29, 1.82) is 0 Å². The summed E-state index contributed by atoms with van der Waals surface area (Å²) in [6.07, 6.45) is 8.13. The SMILES string of the molecule is COc1cc(NC(=O)c2nn(C34CC5CC(CC(C5)C3)C4)cc2[N+](=O)[O-])cc(OC)c1OC. The van der Waals surface area contributed by atoms with Gasteiger partial charge in [-0.15, -0.1) is 0 Å². The first kappa shape index (κ1) is 21.5. The van der Waals surface area contributed by atoms with Gasteiger partial charge in [0, 0.05) is 17.8 Å². The van der Waals surface area contributed by atoms with Gasteiger partial charge in [-0.2, -0.15) is 5.10 Å². The van der Waals surface area contributed by atoms with Crippen molar-refractivity contribution in [3.8, 4) is 17.2 Å². The third kappa shape index (κ3) is 3.57. The first-order valence-electron chi connectivity index (χ1n) is 11.2. The van der Waals surface area contributed by atoms with Crippen LogP contribution in [0.4, 0.5) is 11.4 Å². The summed E-state index contributed by atoms with van der Waals surface area (Å²) in [5.74, 6) is 2.40. The van der Waals surface area contributed by atoms with E-state index in [2.05, 4.69) is 10.4 Å². The van der Waals surface area contributed by atoms with Crippen LogP contribution in [0.15, 0.2) is 18.3 Å². The minimum absolute atomic E-state index is 0.190. The molecule has 1 heterocycles. The Balaban J connectivity index is 1.47. The van der Waals surface area contributed by atoms with Crippen LogP contribution in [0, 0.1) is 27.9 Å². The van der Waals surface area contributed by atoms with E-state index in [0.29, 0.717) is 40.7 Å². The molecule has 10 nitrogen and oxygen atoms in total. The van der Waals surface area contributed by atoms with Gasteiger partial charge in [-0.05, 0) is 56.3 Å². The highest BCUT2D eigenvalue weighted by Gasteiger charge is 2.53. The Labute approximate surface area is 191 Å². The van der Waals surface area contributed by atoms with Crippen LogP contribution < -0.4 is 19.5 Å². The number of benzene rings is 1. The second-order valence-corrected chi connectivity index (χ2v) is 9.57. The highest BCUT2D eigenvalue weighted by atomic mass is 16.6. The number of rotatable bonds is 7. The van der Waals surface area contributed by atoms with Crippen LogP contribution in [-0.4, -0.2) is 41.9 Å². The molecule has 0 atom stereocenters. The topological polar surface area (TPSA) is 118 Å². The van der Waals surface area contributed by atoms with Crippen LogP contribution in [0.3, 0.4) is 0 Å². The van der Waals surface area contributed by atoms with E-state index in [-0.39, 0.29) is 16.9 Å². The summed E-state index contributed by atoms with van der Waals surface area (Å²) in [6.45, 7) is 0. The molecule has 0 aliphatic heterocycles. The largest absolute Gasteiger partial charge is 0.493 e. The highest BCUT2D eigenvalue weighted by molar-refractivity contribution is 6.05. The molecule has 1 aromatic heterocycles. The van der Waals surface area contributed by atoms with Crippen molar-refractivity contribution in [1.82, 2.24) is 9.78 Å². The van der Waals surface area contributed by atoms with Crippen molar-refractivity contribution in [2.45, 2.75) is 44.1 Å². The van der Waals surface area contributed by atoms with Gasteiger partial charge in [0.1, 0.15) is 6.20 Å². The maximum Gasteiger partial charge on any atom is 0.320 e. The number of ether oxygens (including phenoxy) is 3. The summed E-state index contributed by atoms with van der Waals surface area (Å²) in [4.78, 5) is 24.4. The number of methoxy groups -OCH3 is 3. The molecule has 1 amide bonds. The molecule has 0 radical (unpaired) electrons. The molecule has 1 aromatic carbocycles. The summed E-state index contributed by atoms with van der Waals surface area (Å²) in [5.41, 5.74) is -0.335. The lowest BCUT2D eigenvalue weighted by Crippen LogP contribution is -2.52. The molecule has 2 aromatic rings. The van der Waals surface area contributed by atoms with Gasteiger partial charge in [0.05, 0.1) is 31.8 Å². The Bertz CT molecular complexity index is 1050. The zero-order chi connectivity index (χ0) is 23.3. The fourth-order valence-corrected chi connectivity index (χ4v) is 6.59. The molecule has 0 saturated heterocycles. The van der Waals surface area contributed by atoms with Crippen LogP contribution in [0.2, 0.25) is 0 Å². The molecular weight excluding hydrogens is 428 g/mol. The summed E-state index contributed by atoms with van der Waals surface area (Å²) < 4.78 is 17.7. The minimum atomic E-state index is -0.653. The van der Waals surface area contributed by atoms with E-state index in [4.69, 9.17) is 14.2 Å². The van der Waals surface area contributed by atoms with E-state index >= 15 is 0 Å². The number of hydrogen-bond acceptors (Lipinski definition) is 7. The normalized spacial score (nSPS) is 27.3. The first-order valence-corrected chi connectivity index (χ1v) is 11.2. The second kappa shape index (κ2) is 7.93. The van der Waals surface area contributed by atoms with Gasteiger partial charge in [-0.3, -0.25) is 19.6 Å². The Kier molecular flexibility index (Phi) is 5.18. The average molecular weight is 456 g/mol. The molecule has 0 unspecified atom stereocenters. The number of aromatic nitrogens is 2. The number of nitro groups is 1. The van der Waals surface area contributed by atoms with Crippen molar-refractivity contribution in [2.75, 3.05) is 26.6 Å². The number of nitrogens with one attached hydrogen (secondary N) is 1. The Morgan fingerprint density at radius 1 is 1.06 bits per heavy atom. The van der Waals surface area contributed by atoms with Gasteiger partial charge in [-0.25, -0.2) is 0 Å². The van der Waals surface area contributed by atoms with Crippen molar-refractivity contribution >= 4 is 17.3 Å². The van der Waals surface area contributed by atoms with Crippen LogP contribution in [0.5, 0.6) is 17.2 Å². The highest BCUT2D eigenvalue weighted by Crippen LogP contribution is 2.58. The first-order chi connectivity index (χ1) is 15.9. The van der Waals surface area contributed by atoms with E-state index in [9.17, 15) is 14.9 Å². The van der Waals surface area contributed by atoms with Crippen LogP contribution >= 0.6 is 0 Å². The number of amides is 1. The maximum atomic E-state index is 13.1. The van der Waals surface area contributed by atoms with Crippen LogP contribution in [0.25, 0.3) is 0 Å². The molecule has 176 valence electrons. The molecule has 6 rings (SSSR count). The van der Waals surface area contributed by atoms with E-state index in [0.717, 1.165) is 19.3 Å². The van der Waals surface area contributed by atoms with Gasteiger partial charge in [0.25, 0.3) is 5.91 Å². The molecule has 0 spiro atoms. The van der Waals surface area contributed by atoms with E-state index in [1.165, 1.54) is 46.8 Å². The Hall–Kier alpha value is -3.30. The number of nitrogens with zero attached hydrogens (tertiary/aromatic N) is 3. The molecule has 4 aliphatic carbocycles. The lowest BCUT2D eigenvalue weighted by atomic mass is 9.53. The zero-order valence-corrected chi connectivity index (χ0v) is 19.0. The summed E-state index contributed by atoms with van der Waals surface area (Å²) >= 11 is 0. The van der Waals surface area contributed by atoms with Crippen molar-refractivity contribution in [2.24, 2.45) is 17.8 Å². The van der Waals surface area contributed by atoms with Gasteiger partial charge in [0.15, 0.2) is 11.5 Å². The van der Waals surface area contributed by atoms with Crippen molar-refractivity contribution < 1.29 is 23.9 Å². The maximum absolute atomic E-state index is 13.1. The molecule has 4 fully saturated rings. The third-order valence-electron chi connectivity index (χ3n) is 7.52. The fourth-order valence-electron chi connectivity index (χ4n) is 6.59. The average Bonchev–Trinajstić information content (AvgIpc) is 3.24. The van der Waals surface area contributed by atoms with Gasteiger partial charge < -0.3 is 19.5 Å². The standard InChI is InChI=1S/C23H28N4O6/c1-31-18-7-16(8-19(32-2)21(18)33-3)24-22(28)20-17(27(29)30)12-26(25-20)23-9-13-4-14(10-23)6-15(5-13)11-23/h7-8,12-15H,4-6,9-11H2,1-3H3,(H,24,28). The fraction of sp³-hybridized carbons (Fsp3) is 0.565. The second-order valence-electron chi connectivity index (χ2n) is 9.57. The van der Waals surface area contributed by atoms with Gasteiger partial charge in [-0.1, -0.05) is 0 Å². The van der Waals surface area contributed by atoms with E-state index < -0.39 is 10.8 Å². The third-order valence-corrected chi connectivity index (χ3v) is 7.52. The van der Waals surface area contributed by atoms with Crippen molar-refractivity contribution in [3.05, 3.63) is 34.1 Å². The lowest BCUT2D eigenvalue weighted by molar-refractivity contribution is -0.385. The van der Waals surface area contributed by atoms with E-state index in [1.54, 1.807) is 16.8 Å². The molecule has 4 bridgehead atoms. The van der Waals surface area contributed by atoms with Crippen LogP contribution in [-0.2, 0) is 5.54 Å². The number of carbonyl (C=O) groups is 1. The summed E-state index contributed by atoms with van der Waals surface area (Å²) in [5, 5.41) is 19.0. The van der Waals surface area contributed by atoms with Crippen LogP contribution in [0.1, 0.15) is 49.0 Å². The Morgan fingerprint density at radius 3 is 2.06 bits per heavy atom. The zero-order valence-electron chi connectivity index (χ0n) is 19.0. The Morgan fingerprint density at radius 2 is 1.61 bits per heavy atom. The lowest BCUT2D eigenvalue weighted by Gasteiger charge is -2.56. The van der Waals surface area contributed by atoms with Crippen molar-refractivity contribution in [3.63, 3.8) is 0 Å². The molecule has 1 N–H and O–H groups in total. The molecule has 33 heavy (non-hydrogen) atoms. The number of anilines is 1. The quantitative estimate of drug-likeness (QED) is 0.494. The monoisotopic (exact) mass is 456 g/mol. The number of hydrogen-bond donors (Lipinski definition) is 1. The number of carbonyl (C=O) groups excluding carboxylic acids is 1. The predicted molar refractivity (Wildman–Crippen MR) is 119 cm³/mol. The van der Waals surface area contributed by atoms with Gasteiger partial charge >= 0.3 is 5.69 Å². The smallest absolute Gasteiger partial charge is 0.320 e. The minimum Gasteiger partial charge on any atom is -0.493 e. The molecule has 10 heteroatoms. The summed E-state index contributed by atoms with van der Waals surface area (Å²) in [6, 6.07) is 3.14. The molecule has 4 saturated carbocycles. The summed E-state index contributed by atoms with van der Waals surface area (Å²) in [7, 11) is 4.43. The molecular formula is C23H28N4O6. The van der Waals surface area contributed by atoms with Gasteiger partial charge in [0.2, 0.25) is 11.4 Å². The predicted octanol–water partition coefficient (Wildman–Crippen LogP) is 3.99.